The van der Waals surface area contributed by atoms with Gasteiger partial charge >= 0.3 is 0 Å². The topological polar surface area (TPSA) is 38.4 Å². The molecule has 1 heterocycles. The summed E-state index contributed by atoms with van der Waals surface area (Å²) in [6.45, 7) is 0. The second-order valence-corrected chi connectivity index (χ2v) is 4.22. The first-order valence-electron chi connectivity index (χ1n) is 4.03. The van der Waals surface area contributed by atoms with Gasteiger partial charge in [0.15, 0.2) is 0 Å². The molecule has 0 saturated carbocycles. The summed E-state index contributed by atoms with van der Waals surface area (Å²) in [5.41, 5.74) is 7.51. The van der Waals surface area contributed by atoms with Crippen LogP contribution in [0.5, 0.6) is 0 Å². The summed E-state index contributed by atoms with van der Waals surface area (Å²) in [5, 5.41) is 0. The Morgan fingerprint density at radius 1 is 1.43 bits per heavy atom. The van der Waals surface area contributed by atoms with Crippen molar-refractivity contribution in [1.29, 1.82) is 0 Å². The first-order valence-corrected chi connectivity index (χ1v) is 5.23. The van der Waals surface area contributed by atoms with Gasteiger partial charge in [-0.3, -0.25) is 0 Å². The Labute approximate surface area is 95.7 Å². The molecule has 1 aromatic carbocycles. The van der Waals surface area contributed by atoms with Crippen molar-refractivity contribution in [2.75, 3.05) is 0 Å². The molecule has 1 aliphatic heterocycles. The highest BCUT2D eigenvalue weighted by Gasteiger charge is 2.18. The lowest BCUT2D eigenvalue weighted by molar-refractivity contribution is 1.51. The Hall–Kier alpha value is -1.00. The summed E-state index contributed by atoms with van der Waals surface area (Å²) >= 11 is 8.37. The van der Waals surface area contributed by atoms with E-state index in [1.54, 1.807) is 0 Å². The van der Waals surface area contributed by atoms with Gasteiger partial charge in [-0.25, -0.2) is 4.99 Å². The number of nitrogens with zero attached hydrogens (tertiary/aromatic N) is 1. The van der Waals surface area contributed by atoms with Gasteiger partial charge in [0.1, 0.15) is 10.8 Å². The number of aliphatic imine (C=N–C) groups is 1. The first kappa shape index (κ1) is 9.55. The molecule has 2 N–H and O–H groups in total. The molecule has 0 unspecified atom stereocenters. The van der Waals surface area contributed by atoms with E-state index in [4.69, 9.17) is 18.0 Å². The van der Waals surface area contributed by atoms with E-state index in [9.17, 15) is 0 Å². The molecule has 0 aliphatic carbocycles. The Morgan fingerprint density at radius 3 is 2.79 bits per heavy atom. The van der Waals surface area contributed by atoms with Gasteiger partial charge < -0.3 is 5.73 Å². The van der Waals surface area contributed by atoms with Crippen LogP contribution in [0.25, 0.3) is 6.08 Å². The number of thiocarbonyl (C=S) groups is 1. The fourth-order valence-corrected chi connectivity index (χ4v) is 1.86. The lowest BCUT2D eigenvalue weighted by atomic mass is 10.1. The van der Waals surface area contributed by atoms with Crippen LogP contribution < -0.4 is 5.73 Å². The molecular weight excluding hydrogens is 260 g/mol. The normalized spacial score (nSPS) is 17.9. The maximum Gasteiger partial charge on any atom is 0.139 e. The molecule has 4 heteroatoms. The smallest absolute Gasteiger partial charge is 0.139 e. The summed E-state index contributed by atoms with van der Waals surface area (Å²) in [6, 6.07) is 7.93. The number of benzene rings is 1. The molecule has 1 aliphatic rings. The molecule has 70 valence electrons. The lowest BCUT2D eigenvalue weighted by Crippen LogP contribution is -2.29. The lowest BCUT2D eigenvalue weighted by Gasteiger charge is -2.14. The van der Waals surface area contributed by atoms with Crippen LogP contribution >= 0.6 is 28.1 Å². The van der Waals surface area contributed by atoms with Crippen LogP contribution in [0, 0.1) is 0 Å². The fourth-order valence-electron chi connectivity index (χ4n) is 1.19. The van der Waals surface area contributed by atoms with E-state index in [0.717, 1.165) is 15.6 Å². The third-order valence-electron chi connectivity index (χ3n) is 1.89. The Balaban J connectivity index is 2.35. The van der Waals surface area contributed by atoms with Gasteiger partial charge in [0.05, 0.1) is 5.57 Å². The highest BCUT2D eigenvalue weighted by atomic mass is 79.9. The molecule has 0 aromatic heterocycles. The fraction of sp³-hybridized carbons (Fsp3) is 0. The van der Waals surface area contributed by atoms with Crippen molar-refractivity contribution >= 4 is 45.0 Å². The van der Waals surface area contributed by atoms with Crippen LogP contribution in [0.2, 0.25) is 0 Å². The summed E-state index contributed by atoms with van der Waals surface area (Å²) in [5.74, 6) is 0.523. The van der Waals surface area contributed by atoms with Crippen LogP contribution in [0.3, 0.4) is 0 Å². The third-order valence-corrected chi connectivity index (χ3v) is 2.69. The van der Waals surface area contributed by atoms with Gasteiger partial charge in [0.2, 0.25) is 0 Å². The molecule has 14 heavy (non-hydrogen) atoms. The molecular formula is C10H7BrN2S. The van der Waals surface area contributed by atoms with E-state index in [1.807, 2.05) is 30.3 Å². The maximum atomic E-state index is 5.58. The second kappa shape index (κ2) is 3.63. The monoisotopic (exact) mass is 266 g/mol. The summed E-state index contributed by atoms with van der Waals surface area (Å²) in [4.78, 5) is 4.45. The molecule has 1 aromatic rings. The predicted molar refractivity (Wildman–Crippen MR) is 66.3 cm³/mol. The van der Waals surface area contributed by atoms with Crippen molar-refractivity contribution in [3.63, 3.8) is 0 Å². The molecule has 0 saturated heterocycles. The molecule has 0 atom stereocenters. The summed E-state index contributed by atoms with van der Waals surface area (Å²) < 4.78 is 1.03. The van der Waals surface area contributed by atoms with Crippen LogP contribution in [0.1, 0.15) is 5.56 Å². The maximum absolute atomic E-state index is 5.58. The SMILES string of the molecule is NC1=NC(=S)/C1=C/c1cccc(Br)c1. The highest BCUT2D eigenvalue weighted by molar-refractivity contribution is 9.10. The number of hydrogen-bond donors (Lipinski definition) is 1. The summed E-state index contributed by atoms with van der Waals surface area (Å²) in [6.07, 6.45) is 1.94. The number of rotatable bonds is 1. The molecule has 0 fully saturated rings. The zero-order valence-electron chi connectivity index (χ0n) is 7.20. The predicted octanol–water partition coefficient (Wildman–Crippen LogP) is 2.53. The minimum Gasteiger partial charge on any atom is -0.383 e. The van der Waals surface area contributed by atoms with E-state index in [1.165, 1.54) is 0 Å². The van der Waals surface area contributed by atoms with Gasteiger partial charge in [0, 0.05) is 4.47 Å². The number of nitrogens with two attached hydrogens (primary N) is 1. The Morgan fingerprint density at radius 2 is 2.21 bits per heavy atom. The van der Waals surface area contributed by atoms with E-state index in [2.05, 4.69) is 20.9 Å². The largest absolute Gasteiger partial charge is 0.383 e. The Kier molecular flexibility index (Phi) is 2.48. The average molecular weight is 267 g/mol. The molecule has 2 rings (SSSR count). The average Bonchev–Trinajstić information content (AvgIpc) is 2.15. The number of halogens is 1. The van der Waals surface area contributed by atoms with Gasteiger partial charge in [-0.15, -0.1) is 0 Å². The zero-order valence-corrected chi connectivity index (χ0v) is 9.60. The minimum absolute atomic E-state index is 0.523. The van der Waals surface area contributed by atoms with Gasteiger partial charge in [-0.1, -0.05) is 40.3 Å². The van der Waals surface area contributed by atoms with Crippen LogP contribution in [0.4, 0.5) is 0 Å². The van der Waals surface area contributed by atoms with Crippen LogP contribution in [0.15, 0.2) is 39.3 Å². The van der Waals surface area contributed by atoms with Crippen molar-refractivity contribution < 1.29 is 0 Å². The third kappa shape index (κ3) is 1.76. The van der Waals surface area contributed by atoms with E-state index >= 15 is 0 Å². The van der Waals surface area contributed by atoms with Crippen molar-refractivity contribution in [3.05, 3.63) is 39.9 Å². The van der Waals surface area contributed by atoms with E-state index < -0.39 is 0 Å². The minimum atomic E-state index is 0.523. The van der Waals surface area contributed by atoms with Gasteiger partial charge in [0.25, 0.3) is 0 Å². The standard InChI is InChI=1S/C10H7BrN2S/c11-7-3-1-2-6(4-7)5-8-9(12)13-10(8)14/h1-5H,(H2,12,13,14)/b8-5+. The molecule has 0 spiro atoms. The number of amidine groups is 1. The zero-order chi connectivity index (χ0) is 10.1. The highest BCUT2D eigenvalue weighted by Crippen LogP contribution is 2.18. The molecule has 2 nitrogen and oxygen atoms in total. The van der Waals surface area contributed by atoms with Crippen molar-refractivity contribution in [2.24, 2.45) is 10.7 Å². The quantitative estimate of drug-likeness (QED) is 0.627. The number of hydrogen-bond acceptors (Lipinski definition) is 2. The summed E-state index contributed by atoms with van der Waals surface area (Å²) in [7, 11) is 0. The van der Waals surface area contributed by atoms with E-state index in [0.29, 0.717) is 10.8 Å². The van der Waals surface area contributed by atoms with Crippen molar-refractivity contribution in [1.82, 2.24) is 0 Å². The van der Waals surface area contributed by atoms with Crippen molar-refractivity contribution in [3.8, 4) is 0 Å². The van der Waals surface area contributed by atoms with Gasteiger partial charge in [-0.05, 0) is 23.8 Å². The van der Waals surface area contributed by atoms with E-state index in [-0.39, 0.29) is 0 Å². The molecule has 0 bridgehead atoms. The molecule has 0 radical (unpaired) electrons. The Bertz CT molecular complexity index is 463. The van der Waals surface area contributed by atoms with Crippen LogP contribution in [-0.4, -0.2) is 10.8 Å². The molecule has 0 amide bonds. The van der Waals surface area contributed by atoms with Crippen LogP contribution in [-0.2, 0) is 0 Å². The van der Waals surface area contributed by atoms with Gasteiger partial charge in [-0.2, -0.15) is 0 Å². The first-order chi connectivity index (χ1) is 6.66. The second-order valence-electron chi connectivity index (χ2n) is 2.92. The van der Waals surface area contributed by atoms with Crippen molar-refractivity contribution in [2.45, 2.75) is 0 Å².